The Morgan fingerprint density at radius 3 is 2.53 bits per heavy atom. The number of piperidine rings is 1. The summed E-state index contributed by atoms with van der Waals surface area (Å²) >= 11 is 0. The zero-order chi connectivity index (χ0) is 38.6. The van der Waals surface area contributed by atoms with Crippen molar-refractivity contribution < 1.29 is 31.9 Å². The van der Waals surface area contributed by atoms with Crippen LogP contribution in [0.1, 0.15) is 72.4 Å². The van der Waals surface area contributed by atoms with Crippen LogP contribution < -0.4 is 16.3 Å². The monoisotopic (exact) mass is 758 g/mol. The quantitative estimate of drug-likeness (QED) is 0.158. The highest BCUT2D eigenvalue weighted by Gasteiger charge is 2.35. The molecule has 2 fully saturated rings. The molecule has 8 rings (SSSR count). The van der Waals surface area contributed by atoms with Crippen molar-refractivity contribution in [2.24, 2.45) is 13.0 Å². The number of amides is 3. The number of imide groups is 1. The van der Waals surface area contributed by atoms with Gasteiger partial charge >= 0.3 is 11.9 Å². The molecule has 2 aliphatic heterocycles. The third-order valence-electron chi connectivity index (χ3n) is 11.0. The van der Waals surface area contributed by atoms with Crippen LogP contribution in [0.4, 0.5) is 23.2 Å². The Kier molecular flexibility index (Phi) is 9.39. The first-order valence-electron chi connectivity index (χ1n) is 18.3. The van der Waals surface area contributed by atoms with Gasteiger partial charge in [0.15, 0.2) is 0 Å². The fraction of sp³-hybridized carbons (Fsp3) is 0.385. The third kappa shape index (κ3) is 7.06. The predicted molar refractivity (Wildman–Crippen MR) is 196 cm³/mol. The number of aryl methyl sites for hydroxylation is 1. The number of anilines is 1. The van der Waals surface area contributed by atoms with Gasteiger partial charge in [-0.2, -0.15) is 18.3 Å². The number of fused-ring (bicyclic) bond motifs is 2. The molecule has 1 aliphatic carbocycles. The number of pyridine rings is 1. The van der Waals surface area contributed by atoms with Gasteiger partial charge in [-0.05, 0) is 80.0 Å². The first-order valence-corrected chi connectivity index (χ1v) is 18.3. The Labute approximate surface area is 311 Å². The molecule has 1 saturated carbocycles. The summed E-state index contributed by atoms with van der Waals surface area (Å²) in [6.45, 7) is 1.52. The van der Waals surface area contributed by atoms with E-state index in [1.165, 1.54) is 15.2 Å². The fourth-order valence-electron chi connectivity index (χ4n) is 8.26. The lowest BCUT2D eigenvalue weighted by Crippen LogP contribution is -2.44. The highest BCUT2D eigenvalue weighted by Crippen LogP contribution is 2.36. The van der Waals surface area contributed by atoms with Gasteiger partial charge in [0.1, 0.15) is 23.6 Å². The average molecular weight is 759 g/mol. The Bertz CT molecular complexity index is 2420. The summed E-state index contributed by atoms with van der Waals surface area (Å²) in [5.41, 5.74) is 1.48. The van der Waals surface area contributed by atoms with Crippen LogP contribution in [0, 0.1) is 5.92 Å². The molecule has 5 heterocycles. The SMILES string of the molecule is Cn1c(=O)n(C2CCC(=O)NC2=O)c2cccc(C3=CCN(C[C@H]4CC[C@H](n5cc6cc(NC(=O)c7cccc(C(F)(F)F)n7)ccc6n5)CC4)CC3F)c21. The van der Waals surface area contributed by atoms with E-state index in [-0.39, 0.29) is 37.0 Å². The van der Waals surface area contributed by atoms with E-state index in [1.54, 1.807) is 43.4 Å². The molecule has 12 nitrogen and oxygen atoms in total. The molecule has 3 aromatic heterocycles. The van der Waals surface area contributed by atoms with Gasteiger partial charge in [-0.3, -0.25) is 38.4 Å². The van der Waals surface area contributed by atoms with E-state index < -0.39 is 41.6 Å². The van der Waals surface area contributed by atoms with E-state index in [0.29, 0.717) is 40.3 Å². The Morgan fingerprint density at radius 2 is 1.78 bits per heavy atom. The van der Waals surface area contributed by atoms with Crippen LogP contribution in [0.15, 0.2) is 71.7 Å². The summed E-state index contributed by atoms with van der Waals surface area (Å²) in [4.78, 5) is 56.0. The van der Waals surface area contributed by atoms with E-state index in [9.17, 15) is 32.3 Å². The first kappa shape index (κ1) is 36.3. The van der Waals surface area contributed by atoms with E-state index in [2.05, 4.69) is 20.5 Å². The van der Waals surface area contributed by atoms with Gasteiger partial charge in [-0.25, -0.2) is 14.2 Å². The molecular weight excluding hydrogens is 720 g/mol. The molecule has 3 aliphatic rings. The molecular formula is C39H38F4N8O4. The van der Waals surface area contributed by atoms with Gasteiger partial charge in [0.05, 0.1) is 22.6 Å². The maximum absolute atomic E-state index is 16.0. The van der Waals surface area contributed by atoms with Crippen molar-refractivity contribution in [1.29, 1.82) is 0 Å². The van der Waals surface area contributed by atoms with Crippen molar-refractivity contribution in [2.45, 2.75) is 63.0 Å². The van der Waals surface area contributed by atoms with E-state index in [1.807, 2.05) is 17.0 Å². The van der Waals surface area contributed by atoms with Gasteiger partial charge < -0.3 is 5.32 Å². The normalized spacial score (nSPS) is 22.5. The minimum atomic E-state index is -4.66. The number of aromatic nitrogens is 5. The van der Waals surface area contributed by atoms with Crippen LogP contribution in [-0.2, 0) is 22.8 Å². The van der Waals surface area contributed by atoms with Crippen molar-refractivity contribution in [2.75, 3.05) is 25.0 Å². The van der Waals surface area contributed by atoms with Crippen molar-refractivity contribution in [3.8, 4) is 0 Å². The van der Waals surface area contributed by atoms with E-state index >= 15 is 4.39 Å². The number of para-hydroxylation sites is 1. The molecule has 0 spiro atoms. The summed E-state index contributed by atoms with van der Waals surface area (Å²) in [7, 11) is 1.62. The lowest BCUT2D eigenvalue weighted by Gasteiger charge is -2.35. The smallest absolute Gasteiger partial charge is 0.321 e. The Balaban J connectivity index is 0.894. The molecule has 286 valence electrons. The van der Waals surface area contributed by atoms with Gasteiger partial charge in [0, 0.05) is 55.9 Å². The number of carbonyl (C=O) groups excluding carboxylic acids is 3. The summed E-state index contributed by atoms with van der Waals surface area (Å²) in [6, 6.07) is 13.0. The second-order valence-corrected chi connectivity index (χ2v) is 14.6. The molecule has 55 heavy (non-hydrogen) atoms. The fourth-order valence-corrected chi connectivity index (χ4v) is 8.26. The average Bonchev–Trinajstić information content (AvgIpc) is 3.69. The summed E-state index contributed by atoms with van der Waals surface area (Å²) < 4.78 is 60.0. The Hall–Kier alpha value is -5.64. The molecule has 0 radical (unpaired) electrons. The number of nitrogens with one attached hydrogen (secondary N) is 2. The number of alkyl halides is 4. The van der Waals surface area contributed by atoms with Gasteiger partial charge in [0.2, 0.25) is 11.8 Å². The highest BCUT2D eigenvalue weighted by atomic mass is 19.4. The van der Waals surface area contributed by atoms with Crippen LogP contribution in [0.5, 0.6) is 0 Å². The molecule has 3 amide bonds. The molecule has 2 unspecified atom stereocenters. The second-order valence-electron chi connectivity index (χ2n) is 14.6. The molecule has 2 N–H and O–H groups in total. The lowest BCUT2D eigenvalue weighted by molar-refractivity contribution is -0.141. The zero-order valence-corrected chi connectivity index (χ0v) is 29.9. The number of carbonyl (C=O) groups is 3. The Morgan fingerprint density at radius 1 is 1.00 bits per heavy atom. The topological polar surface area (TPSA) is 136 Å². The lowest BCUT2D eigenvalue weighted by atomic mass is 9.85. The number of benzene rings is 2. The maximum Gasteiger partial charge on any atom is 0.433 e. The molecule has 0 bridgehead atoms. The first-order chi connectivity index (χ1) is 26.3. The molecule has 1 saturated heterocycles. The predicted octanol–water partition coefficient (Wildman–Crippen LogP) is 5.80. The van der Waals surface area contributed by atoms with Crippen LogP contribution in [0.2, 0.25) is 0 Å². The van der Waals surface area contributed by atoms with E-state index in [4.69, 9.17) is 5.10 Å². The summed E-state index contributed by atoms with van der Waals surface area (Å²) in [5.74, 6) is -1.26. The number of hydrogen-bond donors (Lipinski definition) is 2. The minimum Gasteiger partial charge on any atom is -0.321 e. The largest absolute Gasteiger partial charge is 0.433 e. The van der Waals surface area contributed by atoms with E-state index in [0.717, 1.165) is 55.3 Å². The number of nitrogens with zero attached hydrogens (tertiary/aromatic N) is 6. The number of halogens is 4. The number of hydrogen-bond acceptors (Lipinski definition) is 7. The van der Waals surface area contributed by atoms with Gasteiger partial charge in [0.25, 0.3) is 5.91 Å². The highest BCUT2D eigenvalue weighted by molar-refractivity contribution is 6.04. The third-order valence-corrected chi connectivity index (χ3v) is 11.0. The van der Waals surface area contributed by atoms with Crippen molar-refractivity contribution in [3.05, 3.63) is 94.3 Å². The molecule has 2 atom stereocenters. The zero-order valence-electron chi connectivity index (χ0n) is 29.9. The van der Waals surface area contributed by atoms with Crippen molar-refractivity contribution in [3.63, 3.8) is 0 Å². The second kappa shape index (κ2) is 14.2. The van der Waals surface area contributed by atoms with Crippen LogP contribution in [-0.4, -0.2) is 72.3 Å². The van der Waals surface area contributed by atoms with Gasteiger partial charge in [-0.1, -0.05) is 24.3 Å². The van der Waals surface area contributed by atoms with Crippen molar-refractivity contribution in [1.82, 2.24) is 34.1 Å². The summed E-state index contributed by atoms with van der Waals surface area (Å²) in [6.07, 6.45) is 1.87. The summed E-state index contributed by atoms with van der Waals surface area (Å²) in [5, 5.41) is 10.5. The maximum atomic E-state index is 16.0. The van der Waals surface area contributed by atoms with Gasteiger partial charge in [-0.15, -0.1) is 0 Å². The number of rotatable bonds is 7. The molecule has 2 aromatic carbocycles. The van der Waals surface area contributed by atoms with Crippen LogP contribution >= 0.6 is 0 Å². The minimum absolute atomic E-state index is 0.134. The molecule has 5 aromatic rings. The standard InChI is InChI=1S/C39H38F4N8O4/c1-48-35-27(4-2-6-31(35)51(38(48)55)32-14-15-34(52)46-37(32)54)26-16-17-49(21-28(26)40)19-22-8-11-25(12-9-22)50-20-23-18-24(10-13-29(23)47-50)44-36(53)30-5-3-7-33(45-30)39(41,42)43/h2-7,10,13,16,18,20,22,25,28,32H,8-9,11-12,14-15,17,19,21H2,1H3,(H,44,53)(H,46,52,54)/t22-,25-,28?,32?. The molecule has 16 heteroatoms. The van der Waals surface area contributed by atoms with Crippen LogP contribution in [0.25, 0.3) is 27.5 Å². The van der Waals surface area contributed by atoms with Crippen LogP contribution in [0.3, 0.4) is 0 Å². The van der Waals surface area contributed by atoms with Crippen molar-refractivity contribution >= 4 is 50.9 Å². The number of imidazole rings is 1.